The van der Waals surface area contributed by atoms with Crippen LogP contribution in [-0.4, -0.2) is 65.8 Å². The van der Waals surface area contributed by atoms with Crippen LogP contribution in [0.2, 0.25) is 0 Å². The van der Waals surface area contributed by atoms with Crippen LogP contribution in [0.4, 0.5) is 5.82 Å². The number of benzene rings is 1. The van der Waals surface area contributed by atoms with E-state index in [0.29, 0.717) is 30.4 Å². The summed E-state index contributed by atoms with van der Waals surface area (Å²) in [5, 5.41) is 3.14. The van der Waals surface area contributed by atoms with E-state index >= 15 is 0 Å². The molecule has 2 aromatic heterocycles. The van der Waals surface area contributed by atoms with E-state index in [2.05, 4.69) is 15.3 Å². The van der Waals surface area contributed by atoms with Gasteiger partial charge in [0.15, 0.2) is 5.82 Å². The van der Waals surface area contributed by atoms with Gasteiger partial charge in [0.05, 0.1) is 38.6 Å². The molecule has 0 saturated carbocycles. The predicted molar refractivity (Wildman–Crippen MR) is 124 cm³/mol. The number of nitrogens with zero attached hydrogens (tertiary/aromatic N) is 5. The minimum atomic E-state index is -0.430. The van der Waals surface area contributed by atoms with Crippen LogP contribution >= 0.6 is 11.3 Å². The van der Waals surface area contributed by atoms with Crippen LogP contribution in [0.3, 0.4) is 0 Å². The summed E-state index contributed by atoms with van der Waals surface area (Å²) in [5.41, 5.74) is 2.17. The van der Waals surface area contributed by atoms with Gasteiger partial charge in [-0.3, -0.25) is 4.90 Å². The molecule has 1 aliphatic heterocycles. The van der Waals surface area contributed by atoms with Gasteiger partial charge < -0.3 is 14.4 Å². The fraction of sp³-hybridized carbons (Fsp3) is 0.391. The summed E-state index contributed by atoms with van der Waals surface area (Å²) in [6.45, 7) is 6.84. The Labute approximate surface area is 191 Å². The van der Waals surface area contributed by atoms with Crippen LogP contribution < -0.4 is 4.90 Å². The summed E-state index contributed by atoms with van der Waals surface area (Å²) in [4.78, 5) is 30.7. The van der Waals surface area contributed by atoms with Gasteiger partial charge in [0, 0.05) is 37.3 Å². The molecule has 8 nitrogen and oxygen atoms in total. The summed E-state index contributed by atoms with van der Waals surface area (Å²) in [6.07, 6.45) is 1.55. The van der Waals surface area contributed by atoms with Crippen molar-refractivity contribution in [2.45, 2.75) is 20.0 Å². The molecule has 0 unspecified atom stereocenters. The number of hydrogen-bond donors (Lipinski definition) is 0. The van der Waals surface area contributed by atoms with Crippen LogP contribution in [0.15, 0.2) is 41.9 Å². The fourth-order valence-electron chi connectivity index (χ4n) is 3.51. The van der Waals surface area contributed by atoms with Gasteiger partial charge in [-0.1, -0.05) is 30.3 Å². The largest absolute Gasteiger partial charge is 0.462 e. The van der Waals surface area contributed by atoms with Gasteiger partial charge in [-0.15, -0.1) is 11.3 Å². The molecule has 0 bridgehead atoms. The molecule has 1 fully saturated rings. The van der Waals surface area contributed by atoms with Gasteiger partial charge in [0.25, 0.3) is 0 Å². The molecule has 0 radical (unpaired) electrons. The Hall–Kier alpha value is -2.88. The van der Waals surface area contributed by atoms with E-state index in [9.17, 15) is 4.79 Å². The topological polar surface area (TPSA) is 80.7 Å². The van der Waals surface area contributed by atoms with Crippen LogP contribution in [0.25, 0.3) is 11.4 Å². The van der Waals surface area contributed by atoms with Gasteiger partial charge in [-0.05, 0) is 6.92 Å². The Morgan fingerprint density at radius 3 is 2.75 bits per heavy atom. The second-order valence-electron chi connectivity index (χ2n) is 7.49. The fourth-order valence-corrected chi connectivity index (χ4v) is 4.33. The van der Waals surface area contributed by atoms with Crippen LogP contribution in [-0.2, 0) is 22.6 Å². The monoisotopic (exact) mass is 453 g/mol. The Balaban J connectivity index is 1.54. The SMILES string of the molecule is CCOC(=O)c1cnc(-c2ccccc2)nc1N(C)Cc1csc(CN2CCOCC2)n1. The van der Waals surface area contributed by atoms with Crippen molar-refractivity contribution < 1.29 is 14.3 Å². The first-order valence-corrected chi connectivity index (χ1v) is 11.6. The molecule has 0 spiro atoms. The third-order valence-electron chi connectivity index (χ3n) is 5.12. The lowest BCUT2D eigenvalue weighted by atomic mass is 10.2. The third kappa shape index (κ3) is 5.48. The average Bonchev–Trinajstić information content (AvgIpc) is 3.26. The van der Waals surface area contributed by atoms with E-state index < -0.39 is 5.97 Å². The molecule has 4 rings (SSSR count). The number of anilines is 1. The van der Waals surface area contributed by atoms with Crippen molar-refractivity contribution in [1.82, 2.24) is 19.9 Å². The first-order chi connectivity index (χ1) is 15.6. The smallest absolute Gasteiger partial charge is 0.343 e. The number of aromatic nitrogens is 3. The van der Waals surface area contributed by atoms with Crippen molar-refractivity contribution >= 4 is 23.1 Å². The van der Waals surface area contributed by atoms with Gasteiger partial charge >= 0.3 is 5.97 Å². The molecule has 9 heteroatoms. The number of thiazole rings is 1. The number of carbonyl (C=O) groups is 1. The molecule has 1 aromatic carbocycles. The number of esters is 1. The van der Waals surface area contributed by atoms with Gasteiger partial charge in [-0.2, -0.15) is 0 Å². The molecule has 0 atom stereocenters. The Morgan fingerprint density at radius 1 is 1.22 bits per heavy atom. The van der Waals surface area contributed by atoms with Crippen molar-refractivity contribution in [3.05, 3.63) is 58.2 Å². The number of ether oxygens (including phenoxy) is 2. The molecule has 0 amide bonds. The number of hydrogen-bond acceptors (Lipinski definition) is 9. The number of rotatable bonds is 8. The number of carbonyl (C=O) groups excluding carboxylic acids is 1. The van der Waals surface area contributed by atoms with Crippen molar-refractivity contribution in [2.75, 3.05) is 44.9 Å². The summed E-state index contributed by atoms with van der Waals surface area (Å²) >= 11 is 1.65. The molecule has 168 valence electrons. The third-order valence-corrected chi connectivity index (χ3v) is 6.00. The quantitative estimate of drug-likeness (QED) is 0.481. The zero-order valence-corrected chi connectivity index (χ0v) is 19.2. The first kappa shape index (κ1) is 22.3. The lowest BCUT2D eigenvalue weighted by Crippen LogP contribution is -2.35. The van der Waals surface area contributed by atoms with Crippen LogP contribution in [0.5, 0.6) is 0 Å². The zero-order chi connectivity index (χ0) is 22.3. The van der Waals surface area contributed by atoms with E-state index in [-0.39, 0.29) is 0 Å². The molecule has 32 heavy (non-hydrogen) atoms. The lowest BCUT2D eigenvalue weighted by molar-refractivity contribution is 0.0341. The second-order valence-corrected chi connectivity index (χ2v) is 8.44. The Bertz CT molecular complexity index is 1040. The van der Waals surface area contributed by atoms with Crippen LogP contribution in [0, 0.1) is 0 Å². The summed E-state index contributed by atoms with van der Waals surface area (Å²) in [6, 6.07) is 9.71. The molecule has 1 saturated heterocycles. The maximum Gasteiger partial charge on any atom is 0.343 e. The van der Waals surface area contributed by atoms with E-state index in [1.165, 1.54) is 0 Å². The van der Waals surface area contributed by atoms with Gasteiger partial charge in [0.1, 0.15) is 16.4 Å². The molecule has 1 aliphatic rings. The molecule has 0 aliphatic carbocycles. The first-order valence-electron chi connectivity index (χ1n) is 10.7. The zero-order valence-electron chi connectivity index (χ0n) is 18.4. The highest BCUT2D eigenvalue weighted by Crippen LogP contribution is 2.24. The molecule has 3 aromatic rings. The average molecular weight is 454 g/mol. The van der Waals surface area contributed by atoms with Crippen LogP contribution in [0.1, 0.15) is 28.0 Å². The lowest BCUT2D eigenvalue weighted by Gasteiger charge is -2.25. The summed E-state index contributed by atoms with van der Waals surface area (Å²) in [5.74, 6) is 0.659. The van der Waals surface area contributed by atoms with Crippen molar-refractivity contribution in [3.63, 3.8) is 0 Å². The van der Waals surface area contributed by atoms with E-state index in [4.69, 9.17) is 19.4 Å². The predicted octanol–water partition coefficient (Wildman–Crippen LogP) is 3.25. The minimum absolute atomic E-state index is 0.291. The van der Waals surface area contributed by atoms with E-state index in [1.54, 1.807) is 24.5 Å². The Kier molecular flexibility index (Phi) is 7.41. The molecule has 3 heterocycles. The van der Waals surface area contributed by atoms with Gasteiger partial charge in [0.2, 0.25) is 0 Å². The van der Waals surface area contributed by atoms with Crippen molar-refractivity contribution in [2.24, 2.45) is 0 Å². The summed E-state index contributed by atoms with van der Waals surface area (Å²) in [7, 11) is 1.90. The van der Waals surface area contributed by atoms with E-state index in [0.717, 1.165) is 49.1 Å². The highest BCUT2D eigenvalue weighted by atomic mass is 32.1. The minimum Gasteiger partial charge on any atom is -0.462 e. The standard InChI is InChI=1S/C23H27N5O3S/c1-3-31-23(29)19-13-24-21(17-7-5-4-6-8-17)26-22(19)27(2)14-18-16-32-20(25-18)15-28-9-11-30-12-10-28/h4-8,13,16H,3,9-12,14-15H2,1-2H3. The number of morpholine rings is 1. The maximum atomic E-state index is 12.5. The van der Waals surface area contributed by atoms with Gasteiger partial charge in [-0.25, -0.2) is 19.7 Å². The normalized spacial score (nSPS) is 14.3. The Morgan fingerprint density at radius 2 is 2.00 bits per heavy atom. The maximum absolute atomic E-state index is 12.5. The highest BCUT2D eigenvalue weighted by molar-refractivity contribution is 7.09. The molecule has 0 N–H and O–H groups in total. The summed E-state index contributed by atoms with van der Waals surface area (Å²) < 4.78 is 10.6. The molecular weight excluding hydrogens is 426 g/mol. The van der Waals surface area contributed by atoms with E-state index in [1.807, 2.05) is 42.3 Å². The van der Waals surface area contributed by atoms with Crippen molar-refractivity contribution in [1.29, 1.82) is 0 Å². The highest BCUT2D eigenvalue weighted by Gasteiger charge is 2.21. The second kappa shape index (κ2) is 10.6. The van der Waals surface area contributed by atoms with Crippen molar-refractivity contribution in [3.8, 4) is 11.4 Å². The molecular formula is C23H27N5O3S.